The summed E-state index contributed by atoms with van der Waals surface area (Å²) in [5, 5.41) is 6.11. The molecule has 0 nitrogen and oxygen atoms in total. The van der Waals surface area contributed by atoms with Crippen LogP contribution in [0.2, 0.25) is 0 Å². The van der Waals surface area contributed by atoms with Crippen molar-refractivity contribution in [2.24, 2.45) is 0 Å². The maximum atomic E-state index is 3.57. The molecule has 3 aromatic rings. The molecule has 3 rings (SSSR count). The van der Waals surface area contributed by atoms with Gasteiger partial charge in [0.2, 0.25) is 0 Å². The highest BCUT2D eigenvalue weighted by Gasteiger charge is 2.02. The van der Waals surface area contributed by atoms with Crippen LogP contribution >= 0.6 is 27.3 Å². The summed E-state index contributed by atoms with van der Waals surface area (Å²) in [5.74, 6) is 0. The van der Waals surface area contributed by atoms with Crippen molar-refractivity contribution < 1.29 is 0 Å². The second-order valence-electron chi connectivity index (χ2n) is 3.76. The van der Waals surface area contributed by atoms with Crippen LogP contribution in [-0.2, 0) is 0 Å². The maximum Gasteiger partial charge on any atom is 0.0349 e. The van der Waals surface area contributed by atoms with Crippen molar-refractivity contribution in [1.82, 2.24) is 0 Å². The number of rotatable bonds is 0. The highest BCUT2D eigenvalue weighted by atomic mass is 79.9. The van der Waals surface area contributed by atoms with E-state index in [2.05, 4.69) is 58.6 Å². The van der Waals surface area contributed by atoms with E-state index in [-0.39, 0.29) is 0 Å². The highest BCUT2D eigenvalue weighted by molar-refractivity contribution is 9.10. The minimum Gasteiger partial charge on any atom is -0.144 e. The van der Waals surface area contributed by atoms with Gasteiger partial charge in [0.15, 0.2) is 0 Å². The Morgan fingerprint density at radius 2 is 1.80 bits per heavy atom. The summed E-state index contributed by atoms with van der Waals surface area (Å²) in [6.45, 7) is 2.13. The molecular formula is C13H9BrS. The van der Waals surface area contributed by atoms with Crippen LogP contribution in [0.1, 0.15) is 5.56 Å². The van der Waals surface area contributed by atoms with Crippen LogP contribution in [0.25, 0.3) is 20.9 Å². The number of hydrogen-bond donors (Lipinski definition) is 0. The van der Waals surface area contributed by atoms with Gasteiger partial charge in [-0.05, 0) is 58.3 Å². The van der Waals surface area contributed by atoms with Crippen LogP contribution in [-0.4, -0.2) is 0 Å². The van der Waals surface area contributed by atoms with Crippen LogP contribution in [0, 0.1) is 6.92 Å². The third-order valence-electron chi connectivity index (χ3n) is 2.69. The summed E-state index contributed by atoms with van der Waals surface area (Å²) in [5.41, 5.74) is 1.29. The lowest BCUT2D eigenvalue weighted by atomic mass is 10.1. The van der Waals surface area contributed by atoms with Gasteiger partial charge in [-0.25, -0.2) is 0 Å². The van der Waals surface area contributed by atoms with Gasteiger partial charge in [-0.3, -0.25) is 0 Å². The van der Waals surface area contributed by atoms with E-state index in [0.717, 1.165) is 0 Å². The van der Waals surface area contributed by atoms with Crippen LogP contribution < -0.4 is 0 Å². The molecule has 0 radical (unpaired) electrons. The van der Waals surface area contributed by atoms with Crippen LogP contribution in [0.3, 0.4) is 0 Å². The summed E-state index contributed by atoms with van der Waals surface area (Å²) < 4.78 is 2.55. The Bertz CT molecular complexity index is 596. The van der Waals surface area contributed by atoms with Gasteiger partial charge in [-0.15, -0.1) is 11.3 Å². The molecule has 0 spiro atoms. The number of halogens is 1. The minimum atomic E-state index is 1.19. The van der Waals surface area contributed by atoms with Gasteiger partial charge in [0.05, 0.1) is 0 Å². The van der Waals surface area contributed by atoms with Gasteiger partial charge in [0.25, 0.3) is 0 Å². The molecule has 0 amide bonds. The Morgan fingerprint density at radius 1 is 1.00 bits per heavy atom. The van der Waals surface area contributed by atoms with Crippen molar-refractivity contribution in [3.63, 3.8) is 0 Å². The molecule has 0 aliphatic carbocycles. The Kier molecular flexibility index (Phi) is 2.08. The number of hydrogen-bond acceptors (Lipinski definition) is 1. The summed E-state index contributed by atoms with van der Waals surface area (Å²) in [7, 11) is 0. The third-order valence-corrected chi connectivity index (χ3v) is 4.42. The van der Waals surface area contributed by atoms with E-state index in [1.54, 1.807) is 11.3 Å². The fraction of sp³-hybridized carbons (Fsp3) is 0.0769. The van der Waals surface area contributed by atoms with Crippen molar-refractivity contribution in [1.29, 1.82) is 0 Å². The fourth-order valence-corrected chi connectivity index (χ4v) is 3.03. The standard InChI is InChI=1S/C13H9BrS/c1-8-4-10-5-9-2-3-15-13(9)7-11(10)6-12(8)14/h2-7H,1H3. The fourth-order valence-electron chi connectivity index (χ4n) is 1.85. The SMILES string of the molecule is Cc1cc2cc3ccsc3cc2cc1Br. The molecule has 0 fully saturated rings. The van der Waals surface area contributed by atoms with Crippen molar-refractivity contribution in [3.05, 3.63) is 45.7 Å². The zero-order chi connectivity index (χ0) is 10.4. The molecule has 0 aliphatic rings. The quantitative estimate of drug-likeness (QED) is 0.534. The lowest BCUT2D eigenvalue weighted by Crippen LogP contribution is -1.78. The van der Waals surface area contributed by atoms with E-state index < -0.39 is 0 Å². The number of aryl methyl sites for hydroxylation is 1. The molecule has 1 aromatic heterocycles. The van der Waals surface area contributed by atoms with E-state index >= 15 is 0 Å². The lowest BCUT2D eigenvalue weighted by Gasteiger charge is -2.03. The average Bonchev–Trinajstić information content (AvgIpc) is 2.63. The first kappa shape index (κ1) is 9.37. The zero-order valence-corrected chi connectivity index (χ0v) is 10.7. The monoisotopic (exact) mass is 276 g/mol. The predicted octanol–water partition coefficient (Wildman–Crippen LogP) is 5.13. The molecule has 1 heterocycles. The molecule has 0 aliphatic heterocycles. The number of fused-ring (bicyclic) bond motifs is 2. The second kappa shape index (κ2) is 3.32. The smallest absolute Gasteiger partial charge is 0.0349 e. The lowest BCUT2D eigenvalue weighted by molar-refractivity contribution is 1.47. The Morgan fingerprint density at radius 3 is 2.67 bits per heavy atom. The van der Waals surface area contributed by atoms with E-state index in [4.69, 9.17) is 0 Å². The molecular weight excluding hydrogens is 268 g/mol. The zero-order valence-electron chi connectivity index (χ0n) is 8.25. The van der Waals surface area contributed by atoms with Gasteiger partial charge in [0.1, 0.15) is 0 Å². The Labute approximate surface area is 101 Å². The van der Waals surface area contributed by atoms with Crippen molar-refractivity contribution in [3.8, 4) is 0 Å². The first-order chi connectivity index (χ1) is 7.24. The molecule has 0 saturated heterocycles. The second-order valence-corrected chi connectivity index (χ2v) is 5.56. The molecule has 0 saturated carbocycles. The van der Waals surface area contributed by atoms with Gasteiger partial charge in [0, 0.05) is 9.17 Å². The largest absolute Gasteiger partial charge is 0.144 e. The van der Waals surface area contributed by atoms with Gasteiger partial charge in [-0.1, -0.05) is 22.0 Å². The van der Waals surface area contributed by atoms with Crippen molar-refractivity contribution in [2.45, 2.75) is 6.92 Å². The molecule has 0 atom stereocenters. The molecule has 15 heavy (non-hydrogen) atoms. The van der Waals surface area contributed by atoms with Crippen molar-refractivity contribution in [2.75, 3.05) is 0 Å². The number of benzene rings is 2. The van der Waals surface area contributed by atoms with Crippen LogP contribution in [0.4, 0.5) is 0 Å². The van der Waals surface area contributed by atoms with E-state index in [1.807, 2.05) is 0 Å². The van der Waals surface area contributed by atoms with Crippen molar-refractivity contribution >= 4 is 48.1 Å². The first-order valence-electron chi connectivity index (χ1n) is 4.81. The summed E-state index contributed by atoms with van der Waals surface area (Å²) >= 11 is 5.37. The average molecular weight is 277 g/mol. The van der Waals surface area contributed by atoms with Crippen LogP contribution in [0.15, 0.2) is 40.2 Å². The van der Waals surface area contributed by atoms with E-state index in [9.17, 15) is 0 Å². The van der Waals surface area contributed by atoms with E-state index in [1.165, 1.54) is 30.9 Å². The molecule has 0 N–H and O–H groups in total. The predicted molar refractivity (Wildman–Crippen MR) is 71.8 cm³/mol. The minimum absolute atomic E-state index is 1.19. The normalized spacial score (nSPS) is 11.3. The Balaban J connectivity index is 2.49. The van der Waals surface area contributed by atoms with Gasteiger partial charge < -0.3 is 0 Å². The Hall–Kier alpha value is -0.860. The molecule has 0 bridgehead atoms. The first-order valence-corrected chi connectivity index (χ1v) is 6.48. The molecule has 74 valence electrons. The maximum absolute atomic E-state index is 3.57. The highest BCUT2D eigenvalue weighted by Crippen LogP contribution is 2.30. The summed E-state index contributed by atoms with van der Waals surface area (Å²) in [6, 6.07) is 11.1. The molecule has 2 aromatic carbocycles. The molecule has 2 heteroatoms. The third kappa shape index (κ3) is 1.48. The van der Waals surface area contributed by atoms with Gasteiger partial charge in [-0.2, -0.15) is 0 Å². The topological polar surface area (TPSA) is 0 Å². The molecule has 0 unspecified atom stereocenters. The van der Waals surface area contributed by atoms with Crippen LogP contribution in [0.5, 0.6) is 0 Å². The summed E-state index contributed by atoms with van der Waals surface area (Å²) in [6.07, 6.45) is 0. The number of thiophene rings is 1. The summed E-state index contributed by atoms with van der Waals surface area (Å²) in [4.78, 5) is 0. The van der Waals surface area contributed by atoms with E-state index in [0.29, 0.717) is 0 Å². The van der Waals surface area contributed by atoms with Gasteiger partial charge >= 0.3 is 0 Å².